The summed E-state index contributed by atoms with van der Waals surface area (Å²) in [6.45, 7) is 14.3. The standard InChI is InChI=1S/C30H44O5/c1-24(2)20(33)8-11-30-16-29(30)13-12-26(5)23(28(7)10-9-21(35-28)25(3,4)34)18(32)15-27(26,6)19(29)14-17(31)22(24)30/h19,21-23,34H,8-16H2,1-7H3/t19?,21?,22?,23?,26?,27-,28+,29?,30?/m0/s1. The van der Waals surface area contributed by atoms with Gasteiger partial charge in [0.2, 0.25) is 0 Å². The largest absolute Gasteiger partial charge is 0.388 e. The van der Waals surface area contributed by atoms with Gasteiger partial charge in [0.1, 0.15) is 17.3 Å². The third kappa shape index (κ3) is 2.61. The summed E-state index contributed by atoms with van der Waals surface area (Å²) in [6.07, 6.45) is 6.81. The topological polar surface area (TPSA) is 80.7 Å². The molecule has 6 aliphatic rings. The molecule has 0 aromatic carbocycles. The molecule has 6 fully saturated rings. The fraction of sp³-hybridized carbons (Fsp3) is 0.900. The minimum Gasteiger partial charge on any atom is -0.388 e. The zero-order valence-corrected chi connectivity index (χ0v) is 22.8. The van der Waals surface area contributed by atoms with Crippen LogP contribution in [0.3, 0.4) is 0 Å². The zero-order chi connectivity index (χ0) is 25.6. The van der Waals surface area contributed by atoms with Crippen molar-refractivity contribution in [1.29, 1.82) is 0 Å². The SMILES string of the molecule is CC(C)(O)C1CC[C@](C)(C2C(=O)C[C@@]3(C)C4CC(=O)C5C(C)(C)C(=O)CCC56CC46CCC23C)O1. The second kappa shape index (κ2) is 6.49. The Balaban J connectivity index is 1.38. The fourth-order valence-corrected chi connectivity index (χ4v) is 11.3. The number of ketones is 3. The predicted molar refractivity (Wildman–Crippen MR) is 131 cm³/mol. The minimum atomic E-state index is -0.934. The van der Waals surface area contributed by atoms with Gasteiger partial charge in [-0.15, -0.1) is 0 Å². The van der Waals surface area contributed by atoms with Gasteiger partial charge in [-0.3, -0.25) is 14.4 Å². The molecule has 7 unspecified atom stereocenters. The van der Waals surface area contributed by atoms with E-state index in [0.29, 0.717) is 19.3 Å². The number of hydrogen-bond donors (Lipinski definition) is 1. The summed E-state index contributed by atoms with van der Waals surface area (Å²) in [5.74, 6) is 0.638. The van der Waals surface area contributed by atoms with Crippen LogP contribution in [-0.2, 0) is 19.1 Å². The Morgan fingerprint density at radius 1 is 0.857 bits per heavy atom. The molecule has 1 aliphatic heterocycles. The molecule has 1 N–H and O–H groups in total. The summed E-state index contributed by atoms with van der Waals surface area (Å²) >= 11 is 0. The fourth-order valence-electron chi connectivity index (χ4n) is 11.3. The Kier molecular flexibility index (Phi) is 4.50. The van der Waals surface area contributed by atoms with Crippen LogP contribution in [0, 0.1) is 44.8 Å². The summed E-state index contributed by atoms with van der Waals surface area (Å²) in [5, 5.41) is 10.6. The Bertz CT molecular complexity index is 1040. The lowest BCUT2D eigenvalue weighted by atomic mass is 9.41. The summed E-state index contributed by atoms with van der Waals surface area (Å²) < 4.78 is 6.57. The first-order chi connectivity index (χ1) is 16.0. The molecular formula is C30H44O5. The van der Waals surface area contributed by atoms with E-state index in [1.165, 1.54) is 0 Å². The van der Waals surface area contributed by atoms with E-state index in [9.17, 15) is 19.5 Å². The van der Waals surface area contributed by atoms with E-state index in [1.54, 1.807) is 13.8 Å². The number of carbonyl (C=O) groups is 3. The van der Waals surface area contributed by atoms with Gasteiger partial charge in [0.15, 0.2) is 0 Å². The minimum absolute atomic E-state index is 0.0460. The van der Waals surface area contributed by atoms with Crippen LogP contribution in [0.1, 0.15) is 106 Å². The number of ether oxygens (including phenoxy) is 1. The van der Waals surface area contributed by atoms with Crippen molar-refractivity contribution in [2.24, 2.45) is 44.8 Å². The normalized spacial score (nSPS) is 54.7. The quantitative estimate of drug-likeness (QED) is 0.592. The van der Waals surface area contributed by atoms with Crippen LogP contribution in [0.15, 0.2) is 0 Å². The summed E-state index contributed by atoms with van der Waals surface area (Å²) in [5.41, 5.74) is -2.52. The molecule has 0 bridgehead atoms. The molecule has 9 atom stereocenters. The third-order valence-electron chi connectivity index (χ3n) is 13.1. The lowest BCUT2D eigenvalue weighted by molar-refractivity contribution is -0.187. The highest BCUT2D eigenvalue weighted by Gasteiger charge is 2.85. The maximum Gasteiger partial charge on any atom is 0.139 e. The van der Waals surface area contributed by atoms with E-state index < -0.39 is 16.6 Å². The van der Waals surface area contributed by atoms with Crippen molar-refractivity contribution in [1.82, 2.24) is 0 Å². The van der Waals surface area contributed by atoms with E-state index in [4.69, 9.17) is 4.74 Å². The van der Waals surface area contributed by atoms with E-state index in [1.807, 2.05) is 13.8 Å². The molecule has 6 rings (SSSR count). The van der Waals surface area contributed by atoms with Gasteiger partial charge in [-0.1, -0.05) is 27.7 Å². The van der Waals surface area contributed by atoms with Crippen LogP contribution < -0.4 is 0 Å². The highest BCUT2D eigenvalue weighted by molar-refractivity contribution is 5.96. The van der Waals surface area contributed by atoms with Crippen LogP contribution in [0.4, 0.5) is 0 Å². The molecule has 2 spiro atoms. The molecule has 1 heterocycles. The highest BCUT2D eigenvalue weighted by atomic mass is 16.5. The van der Waals surface area contributed by atoms with Crippen LogP contribution in [0.25, 0.3) is 0 Å². The second-order valence-electron chi connectivity index (χ2n) is 15.3. The average molecular weight is 485 g/mol. The Morgan fingerprint density at radius 3 is 2.17 bits per heavy atom. The van der Waals surface area contributed by atoms with Crippen molar-refractivity contribution >= 4 is 17.3 Å². The maximum atomic E-state index is 13.9. The van der Waals surface area contributed by atoms with Gasteiger partial charge < -0.3 is 9.84 Å². The number of Topliss-reactive ketones (excluding diaryl/α,β-unsaturated/α-hetero) is 3. The number of hydrogen-bond acceptors (Lipinski definition) is 5. The van der Waals surface area contributed by atoms with Crippen molar-refractivity contribution in [2.45, 2.75) is 124 Å². The number of rotatable bonds is 2. The molecule has 5 nitrogen and oxygen atoms in total. The van der Waals surface area contributed by atoms with Crippen LogP contribution in [0.5, 0.6) is 0 Å². The average Bonchev–Trinajstić information content (AvgIpc) is 3.08. The van der Waals surface area contributed by atoms with Crippen LogP contribution in [0.2, 0.25) is 0 Å². The van der Waals surface area contributed by atoms with E-state index >= 15 is 0 Å². The van der Waals surface area contributed by atoms with Gasteiger partial charge in [-0.25, -0.2) is 0 Å². The van der Waals surface area contributed by atoms with Crippen molar-refractivity contribution in [2.75, 3.05) is 0 Å². The van der Waals surface area contributed by atoms with Gasteiger partial charge >= 0.3 is 0 Å². The molecule has 194 valence electrons. The molecule has 0 radical (unpaired) electrons. The zero-order valence-electron chi connectivity index (χ0n) is 22.8. The van der Waals surface area contributed by atoms with Gasteiger partial charge in [0, 0.05) is 30.6 Å². The second-order valence-corrected chi connectivity index (χ2v) is 15.3. The Morgan fingerprint density at radius 2 is 1.54 bits per heavy atom. The third-order valence-corrected chi connectivity index (χ3v) is 13.1. The summed E-state index contributed by atoms with van der Waals surface area (Å²) in [6, 6.07) is 0. The van der Waals surface area contributed by atoms with Gasteiger partial charge in [-0.2, -0.15) is 0 Å². The van der Waals surface area contributed by atoms with Gasteiger partial charge in [0.25, 0.3) is 0 Å². The number of fused-ring (bicyclic) bond motifs is 2. The van der Waals surface area contributed by atoms with E-state index in [0.717, 1.165) is 38.5 Å². The first kappa shape index (κ1) is 24.3. The Hall–Kier alpha value is -1.07. The monoisotopic (exact) mass is 484 g/mol. The maximum absolute atomic E-state index is 13.9. The lowest BCUT2D eigenvalue weighted by Gasteiger charge is -2.62. The molecule has 0 aromatic heterocycles. The van der Waals surface area contributed by atoms with Gasteiger partial charge in [-0.05, 0) is 86.9 Å². The van der Waals surface area contributed by atoms with Crippen LogP contribution >= 0.6 is 0 Å². The van der Waals surface area contributed by atoms with Crippen molar-refractivity contribution in [3.63, 3.8) is 0 Å². The Labute approximate surface area is 210 Å². The van der Waals surface area contributed by atoms with E-state index in [-0.39, 0.29) is 62.9 Å². The summed E-state index contributed by atoms with van der Waals surface area (Å²) in [4.78, 5) is 40.7. The molecule has 5 saturated carbocycles. The molecule has 0 amide bonds. The molecule has 1 saturated heterocycles. The molecule has 35 heavy (non-hydrogen) atoms. The predicted octanol–water partition coefficient (Wildman–Crippen LogP) is 5.06. The molecule has 5 heteroatoms. The van der Waals surface area contributed by atoms with E-state index in [2.05, 4.69) is 20.8 Å². The highest BCUT2D eigenvalue weighted by Crippen LogP contribution is 2.88. The van der Waals surface area contributed by atoms with Crippen LogP contribution in [-0.4, -0.2) is 39.8 Å². The van der Waals surface area contributed by atoms with Crippen molar-refractivity contribution in [3.8, 4) is 0 Å². The summed E-state index contributed by atoms with van der Waals surface area (Å²) in [7, 11) is 0. The molecule has 5 aliphatic carbocycles. The molecular weight excluding hydrogens is 440 g/mol. The van der Waals surface area contributed by atoms with Crippen molar-refractivity contribution < 1.29 is 24.2 Å². The number of carbonyl (C=O) groups excluding carboxylic acids is 3. The first-order valence-corrected chi connectivity index (χ1v) is 14.0. The van der Waals surface area contributed by atoms with Gasteiger partial charge in [0.05, 0.1) is 23.2 Å². The van der Waals surface area contributed by atoms with Crippen molar-refractivity contribution in [3.05, 3.63) is 0 Å². The smallest absolute Gasteiger partial charge is 0.139 e. The first-order valence-electron chi connectivity index (χ1n) is 14.0. The number of aliphatic hydroxyl groups is 1. The molecule has 0 aromatic rings. The lowest BCUT2D eigenvalue weighted by Crippen LogP contribution is -2.60.